The van der Waals surface area contributed by atoms with Crippen LogP contribution >= 0.6 is 0 Å². The Kier molecular flexibility index (Phi) is 2.53. The molecule has 1 aromatic carbocycles. The summed E-state index contributed by atoms with van der Waals surface area (Å²) < 4.78 is 3.39. The van der Waals surface area contributed by atoms with E-state index in [9.17, 15) is 10.1 Å². The quantitative estimate of drug-likeness (QED) is 0.797. The van der Waals surface area contributed by atoms with Crippen molar-refractivity contribution in [3.05, 3.63) is 41.9 Å². The topological polar surface area (TPSA) is 96.7 Å². The van der Waals surface area contributed by atoms with Crippen molar-refractivity contribution in [2.45, 2.75) is 18.9 Å². The molecule has 0 unspecified atom stereocenters. The van der Waals surface area contributed by atoms with E-state index in [0.29, 0.717) is 17.4 Å². The molecule has 1 aliphatic carbocycles. The molecular formula is C15H11N5O2. The number of aromatic carboxylic acids is 1. The van der Waals surface area contributed by atoms with Gasteiger partial charge in [-0.1, -0.05) is 0 Å². The minimum Gasteiger partial charge on any atom is -0.478 e. The van der Waals surface area contributed by atoms with Gasteiger partial charge in [0, 0.05) is 11.6 Å². The van der Waals surface area contributed by atoms with Crippen LogP contribution in [0.4, 0.5) is 0 Å². The van der Waals surface area contributed by atoms with Crippen LogP contribution in [0, 0.1) is 11.3 Å². The van der Waals surface area contributed by atoms with E-state index in [0.717, 1.165) is 23.7 Å². The van der Waals surface area contributed by atoms with Crippen molar-refractivity contribution in [3.63, 3.8) is 0 Å². The van der Waals surface area contributed by atoms with Gasteiger partial charge < -0.3 is 5.11 Å². The van der Waals surface area contributed by atoms with E-state index >= 15 is 0 Å². The second kappa shape index (κ2) is 4.43. The molecule has 1 N–H and O–H groups in total. The van der Waals surface area contributed by atoms with Gasteiger partial charge in [0.15, 0.2) is 5.69 Å². The van der Waals surface area contributed by atoms with Gasteiger partial charge in [0.05, 0.1) is 29.0 Å². The molecule has 1 aliphatic rings. The number of fused-ring (bicyclic) bond motifs is 1. The van der Waals surface area contributed by atoms with Crippen LogP contribution in [-0.4, -0.2) is 30.6 Å². The maximum Gasteiger partial charge on any atom is 0.338 e. The molecule has 7 heteroatoms. The van der Waals surface area contributed by atoms with Crippen molar-refractivity contribution in [1.82, 2.24) is 19.6 Å². The van der Waals surface area contributed by atoms with Gasteiger partial charge >= 0.3 is 5.97 Å². The van der Waals surface area contributed by atoms with Gasteiger partial charge in [0.1, 0.15) is 6.07 Å². The Labute approximate surface area is 125 Å². The molecule has 0 bridgehead atoms. The van der Waals surface area contributed by atoms with Crippen LogP contribution in [0.3, 0.4) is 0 Å². The van der Waals surface area contributed by atoms with Crippen molar-refractivity contribution < 1.29 is 9.90 Å². The van der Waals surface area contributed by atoms with Crippen LogP contribution in [0.5, 0.6) is 0 Å². The number of carboxylic acids is 1. The highest BCUT2D eigenvalue weighted by Crippen LogP contribution is 2.37. The maximum absolute atomic E-state index is 10.9. The number of carbonyl (C=O) groups is 1. The first-order valence-electron chi connectivity index (χ1n) is 6.88. The Hall–Kier alpha value is -3.14. The predicted octanol–water partition coefficient (Wildman–Crippen LogP) is 2.13. The molecule has 0 amide bonds. The average molecular weight is 293 g/mol. The Morgan fingerprint density at radius 2 is 2.23 bits per heavy atom. The molecule has 0 saturated heterocycles. The normalized spacial score (nSPS) is 14.1. The third kappa shape index (κ3) is 1.85. The third-order valence-corrected chi connectivity index (χ3v) is 3.78. The first-order chi connectivity index (χ1) is 10.7. The molecule has 4 rings (SSSR count). The fraction of sp³-hybridized carbons (Fsp3) is 0.200. The molecule has 22 heavy (non-hydrogen) atoms. The molecular weight excluding hydrogens is 282 g/mol. The smallest absolute Gasteiger partial charge is 0.338 e. The minimum absolute atomic E-state index is 0.120. The number of hydrogen-bond donors (Lipinski definition) is 1. The lowest BCUT2D eigenvalue weighted by Gasteiger charge is -2.03. The largest absolute Gasteiger partial charge is 0.478 e. The SMILES string of the molecule is N#Cc1nn(C2CC2)c2ccc(-n3cc(C(=O)O)cn3)cc12. The summed E-state index contributed by atoms with van der Waals surface area (Å²) in [5.41, 5.74) is 2.13. The number of carboxylic acid groups (broad SMARTS) is 1. The van der Waals surface area contributed by atoms with E-state index in [1.807, 2.05) is 22.9 Å². The van der Waals surface area contributed by atoms with E-state index in [1.54, 1.807) is 0 Å². The molecule has 108 valence electrons. The zero-order chi connectivity index (χ0) is 15.3. The second-order valence-electron chi connectivity index (χ2n) is 5.32. The molecule has 3 aromatic rings. The molecule has 0 aliphatic heterocycles. The van der Waals surface area contributed by atoms with Gasteiger partial charge in [-0.2, -0.15) is 15.5 Å². The van der Waals surface area contributed by atoms with Crippen LogP contribution in [-0.2, 0) is 0 Å². The number of rotatable bonds is 3. The van der Waals surface area contributed by atoms with E-state index in [4.69, 9.17) is 5.11 Å². The monoisotopic (exact) mass is 293 g/mol. The highest BCUT2D eigenvalue weighted by Gasteiger charge is 2.27. The lowest BCUT2D eigenvalue weighted by molar-refractivity contribution is 0.0697. The summed E-state index contributed by atoms with van der Waals surface area (Å²) >= 11 is 0. The number of nitriles is 1. The van der Waals surface area contributed by atoms with Gasteiger partial charge in [-0.15, -0.1) is 0 Å². The summed E-state index contributed by atoms with van der Waals surface area (Å²) in [6.45, 7) is 0. The van der Waals surface area contributed by atoms with Crippen LogP contribution < -0.4 is 0 Å². The molecule has 0 atom stereocenters. The van der Waals surface area contributed by atoms with Crippen molar-refractivity contribution in [3.8, 4) is 11.8 Å². The molecule has 0 radical (unpaired) electrons. The Morgan fingerprint density at radius 3 is 2.86 bits per heavy atom. The molecule has 1 saturated carbocycles. The summed E-state index contributed by atoms with van der Waals surface area (Å²) in [5.74, 6) is -1.02. The molecule has 2 aromatic heterocycles. The predicted molar refractivity (Wildman–Crippen MR) is 76.8 cm³/mol. The second-order valence-corrected chi connectivity index (χ2v) is 5.32. The van der Waals surface area contributed by atoms with Crippen LogP contribution in [0.1, 0.15) is 34.9 Å². The Balaban J connectivity index is 1.86. The van der Waals surface area contributed by atoms with E-state index < -0.39 is 5.97 Å². The summed E-state index contributed by atoms with van der Waals surface area (Å²) in [5, 5.41) is 27.4. The highest BCUT2D eigenvalue weighted by atomic mass is 16.4. The fourth-order valence-electron chi connectivity index (χ4n) is 2.53. The van der Waals surface area contributed by atoms with E-state index in [-0.39, 0.29) is 5.56 Å². The van der Waals surface area contributed by atoms with Gasteiger partial charge in [0.2, 0.25) is 0 Å². The average Bonchev–Trinajstić information content (AvgIpc) is 3.12. The fourth-order valence-corrected chi connectivity index (χ4v) is 2.53. The number of benzene rings is 1. The lowest BCUT2D eigenvalue weighted by Crippen LogP contribution is -1.97. The van der Waals surface area contributed by atoms with Gasteiger partial charge in [-0.25, -0.2) is 9.48 Å². The number of aromatic nitrogens is 4. The molecule has 7 nitrogen and oxygen atoms in total. The molecule has 0 spiro atoms. The number of nitrogens with zero attached hydrogens (tertiary/aromatic N) is 5. The Morgan fingerprint density at radius 1 is 1.41 bits per heavy atom. The maximum atomic E-state index is 10.9. The summed E-state index contributed by atoms with van der Waals surface area (Å²) in [4.78, 5) is 10.9. The van der Waals surface area contributed by atoms with E-state index in [1.165, 1.54) is 17.1 Å². The third-order valence-electron chi connectivity index (χ3n) is 3.78. The van der Waals surface area contributed by atoms with Gasteiger partial charge in [0.25, 0.3) is 0 Å². The lowest BCUT2D eigenvalue weighted by atomic mass is 10.2. The molecule has 1 fully saturated rings. The van der Waals surface area contributed by atoms with Gasteiger partial charge in [-0.05, 0) is 31.0 Å². The van der Waals surface area contributed by atoms with Gasteiger partial charge in [-0.3, -0.25) is 4.68 Å². The van der Waals surface area contributed by atoms with Crippen LogP contribution in [0.25, 0.3) is 16.6 Å². The van der Waals surface area contributed by atoms with Crippen molar-refractivity contribution in [2.24, 2.45) is 0 Å². The standard InChI is InChI=1S/C15H11N5O2/c16-6-13-12-5-11(19-8-9(7-17-19)15(21)22)3-4-14(12)20(18-13)10-1-2-10/h3-5,7-8,10H,1-2H2,(H,21,22). The zero-order valence-electron chi connectivity index (χ0n) is 11.5. The summed E-state index contributed by atoms with van der Waals surface area (Å²) in [7, 11) is 0. The summed E-state index contributed by atoms with van der Waals surface area (Å²) in [6, 6.07) is 8.08. The van der Waals surface area contributed by atoms with Crippen molar-refractivity contribution in [1.29, 1.82) is 5.26 Å². The number of hydrogen-bond acceptors (Lipinski definition) is 4. The minimum atomic E-state index is -1.02. The van der Waals surface area contributed by atoms with Crippen LogP contribution in [0.2, 0.25) is 0 Å². The van der Waals surface area contributed by atoms with Crippen LogP contribution in [0.15, 0.2) is 30.6 Å². The highest BCUT2D eigenvalue weighted by molar-refractivity contribution is 5.88. The van der Waals surface area contributed by atoms with Crippen molar-refractivity contribution >= 4 is 16.9 Å². The van der Waals surface area contributed by atoms with E-state index in [2.05, 4.69) is 16.3 Å². The first-order valence-corrected chi connectivity index (χ1v) is 6.88. The zero-order valence-corrected chi connectivity index (χ0v) is 11.5. The first kappa shape index (κ1) is 12.6. The molecule has 2 heterocycles. The Bertz CT molecular complexity index is 943. The van der Waals surface area contributed by atoms with Crippen molar-refractivity contribution in [2.75, 3.05) is 0 Å². The summed E-state index contributed by atoms with van der Waals surface area (Å²) in [6.07, 6.45) is 4.92.